The monoisotopic (exact) mass is 190 g/mol. The van der Waals surface area contributed by atoms with Gasteiger partial charge in [-0.15, -0.1) is 0 Å². The van der Waals surface area contributed by atoms with Gasteiger partial charge >= 0.3 is 0 Å². The van der Waals surface area contributed by atoms with Crippen molar-refractivity contribution < 1.29 is 9.59 Å². The van der Waals surface area contributed by atoms with Crippen LogP contribution in [0.4, 0.5) is 0 Å². The highest BCUT2D eigenvalue weighted by Crippen LogP contribution is 1.97. The fourth-order valence-corrected chi connectivity index (χ4v) is 0.888. The molecule has 5 heteroatoms. The third-order valence-corrected chi connectivity index (χ3v) is 1.61. The summed E-state index contributed by atoms with van der Waals surface area (Å²) in [6.45, 7) is 1.76. The number of carbonyl (C=O) groups excluding carboxylic acids is 2. The Balaban J connectivity index is 3.95. The fourth-order valence-electron chi connectivity index (χ4n) is 0.691. The molecule has 2 amide bonds. The molecule has 0 heterocycles. The van der Waals surface area contributed by atoms with E-state index in [1.54, 1.807) is 14.0 Å². The first-order valence-corrected chi connectivity index (χ1v) is 4.14. The number of thiol groups is 1. The summed E-state index contributed by atoms with van der Waals surface area (Å²) in [6, 6.07) is 0. The minimum atomic E-state index is -0.361. The molecule has 0 aromatic heterocycles. The van der Waals surface area contributed by atoms with Crippen LogP contribution in [-0.4, -0.2) is 42.6 Å². The number of likely N-dealkylation sites (N-methyl/N-ethyl adjacent to an activating group) is 2. The average molecular weight is 190 g/mol. The normalized spacial score (nSPS) is 12.0. The lowest BCUT2D eigenvalue weighted by molar-refractivity contribution is -0.133. The van der Waals surface area contributed by atoms with Crippen molar-refractivity contribution >= 4 is 24.4 Å². The quantitative estimate of drug-likeness (QED) is 0.590. The van der Waals surface area contributed by atoms with E-state index in [0.717, 1.165) is 0 Å². The Labute approximate surface area is 77.7 Å². The zero-order chi connectivity index (χ0) is 9.72. The Morgan fingerprint density at radius 2 is 2.08 bits per heavy atom. The van der Waals surface area contributed by atoms with Crippen LogP contribution in [0.5, 0.6) is 0 Å². The van der Waals surface area contributed by atoms with E-state index in [4.69, 9.17) is 0 Å². The summed E-state index contributed by atoms with van der Waals surface area (Å²) in [5.74, 6) is -0.332. The van der Waals surface area contributed by atoms with E-state index in [-0.39, 0.29) is 23.6 Å². The van der Waals surface area contributed by atoms with E-state index in [9.17, 15) is 9.59 Å². The van der Waals surface area contributed by atoms with Crippen molar-refractivity contribution in [2.75, 3.05) is 20.6 Å². The Kier molecular flexibility index (Phi) is 4.73. The van der Waals surface area contributed by atoms with E-state index >= 15 is 0 Å². The fraction of sp³-hybridized carbons (Fsp3) is 0.714. The molecule has 0 aliphatic heterocycles. The highest BCUT2D eigenvalue weighted by Gasteiger charge is 2.15. The predicted octanol–water partition coefficient (Wildman–Crippen LogP) is -0.491. The van der Waals surface area contributed by atoms with Gasteiger partial charge in [-0.25, -0.2) is 0 Å². The molecule has 0 aromatic rings. The zero-order valence-corrected chi connectivity index (χ0v) is 8.39. The van der Waals surface area contributed by atoms with Gasteiger partial charge < -0.3 is 10.2 Å². The second kappa shape index (κ2) is 5.03. The molecule has 70 valence electrons. The number of hydrogen-bond acceptors (Lipinski definition) is 3. The van der Waals surface area contributed by atoms with Gasteiger partial charge in [-0.3, -0.25) is 9.59 Å². The number of rotatable bonds is 3. The van der Waals surface area contributed by atoms with Crippen molar-refractivity contribution in [2.24, 2.45) is 0 Å². The number of nitrogens with zero attached hydrogens (tertiary/aromatic N) is 1. The van der Waals surface area contributed by atoms with E-state index in [1.165, 1.54) is 11.9 Å². The van der Waals surface area contributed by atoms with Gasteiger partial charge in [0.15, 0.2) is 0 Å². The minimum absolute atomic E-state index is 0.0836. The average Bonchev–Trinajstić information content (AvgIpc) is 2.02. The molecule has 0 rings (SSSR count). The first-order valence-electron chi connectivity index (χ1n) is 3.62. The number of nitrogens with one attached hydrogen (secondary N) is 1. The molecule has 1 atom stereocenters. The van der Waals surface area contributed by atoms with E-state index in [2.05, 4.69) is 17.9 Å². The molecule has 0 aliphatic carbocycles. The van der Waals surface area contributed by atoms with Gasteiger partial charge in [-0.1, -0.05) is 0 Å². The van der Waals surface area contributed by atoms with Gasteiger partial charge in [0.2, 0.25) is 11.8 Å². The van der Waals surface area contributed by atoms with Gasteiger partial charge in [-0.2, -0.15) is 12.6 Å². The van der Waals surface area contributed by atoms with Crippen molar-refractivity contribution in [3.63, 3.8) is 0 Å². The topological polar surface area (TPSA) is 49.4 Å². The maximum atomic E-state index is 11.2. The van der Waals surface area contributed by atoms with Crippen LogP contribution in [0.25, 0.3) is 0 Å². The van der Waals surface area contributed by atoms with Crippen LogP contribution in [0, 0.1) is 0 Å². The predicted molar refractivity (Wildman–Crippen MR) is 50.2 cm³/mol. The summed E-state index contributed by atoms with van der Waals surface area (Å²) in [6.07, 6.45) is 0. The molecule has 12 heavy (non-hydrogen) atoms. The molecule has 0 spiro atoms. The van der Waals surface area contributed by atoms with Crippen molar-refractivity contribution in [1.29, 1.82) is 0 Å². The maximum Gasteiger partial charge on any atom is 0.239 e. The molecule has 1 unspecified atom stereocenters. The second-order valence-electron chi connectivity index (χ2n) is 2.54. The number of amides is 2. The molecule has 0 aromatic carbocycles. The molecule has 0 saturated heterocycles. The summed E-state index contributed by atoms with van der Waals surface area (Å²) in [4.78, 5) is 23.3. The summed E-state index contributed by atoms with van der Waals surface area (Å²) < 4.78 is 0. The summed E-state index contributed by atoms with van der Waals surface area (Å²) in [5.41, 5.74) is 0. The highest BCUT2D eigenvalue weighted by molar-refractivity contribution is 7.81. The number of hydrogen-bond donors (Lipinski definition) is 2. The van der Waals surface area contributed by atoms with Crippen molar-refractivity contribution in [1.82, 2.24) is 10.2 Å². The second-order valence-corrected chi connectivity index (χ2v) is 3.32. The zero-order valence-electron chi connectivity index (χ0n) is 7.50. The SMILES string of the molecule is CNC(=O)CN(C)C(=O)C(C)S. The van der Waals surface area contributed by atoms with Gasteiger partial charge in [0, 0.05) is 14.1 Å². The Morgan fingerprint density at radius 3 is 2.42 bits per heavy atom. The first-order chi connectivity index (χ1) is 5.49. The molecule has 0 radical (unpaired) electrons. The molecule has 0 aliphatic rings. The summed E-state index contributed by atoms with van der Waals surface area (Å²) >= 11 is 3.96. The lowest BCUT2D eigenvalue weighted by Crippen LogP contribution is -2.39. The summed E-state index contributed by atoms with van der Waals surface area (Å²) in [5, 5.41) is 2.07. The van der Waals surface area contributed by atoms with Crippen molar-refractivity contribution in [3.8, 4) is 0 Å². The van der Waals surface area contributed by atoms with Crippen molar-refractivity contribution in [2.45, 2.75) is 12.2 Å². The molecule has 0 fully saturated rings. The van der Waals surface area contributed by atoms with Gasteiger partial charge in [-0.05, 0) is 6.92 Å². The Hall–Kier alpha value is -0.710. The molecular weight excluding hydrogens is 176 g/mol. The largest absolute Gasteiger partial charge is 0.358 e. The lowest BCUT2D eigenvalue weighted by atomic mass is 10.4. The van der Waals surface area contributed by atoms with Crippen LogP contribution in [0.15, 0.2) is 0 Å². The van der Waals surface area contributed by atoms with E-state index in [1.807, 2.05) is 0 Å². The third kappa shape index (κ3) is 3.61. The molecule has 1 N–H and O–H groups in total. The number of carbonyl (C=O) groups is 2. The van der Waals surface area contributed by atoms with Crippen LogP contribution in [0.1, 0.15) is 6.92 Å². The van der Waals surface area contributed by atoms with Crippen molar-refractivity contribution in [3.05, 3.63) is 0 Å². The van der Waals surface area contributed by atoms with Gasteiger partial charge in [0.25, 0.3) is 0 Å². The van der Waals surface area contributed by atoms with Crippen LogP contribution >= 0.6 is 12.6 Å². The molecule has 0 saturated carbocycles. The molecular formula is C7H14N2O2S. The lowest BCUT2D eigenvalue weighted by Gasteiger charge is -2.17. The standard InChI is InChI=1S/C7H14N2O2S/c1-5(12)7(11)9(3)4-6(10)8-2/h5,12H,4H2,1-3H3,(H,8,10). The minimum Gasteiger partial charge on any atom is -0.358 e. The van der Waals surface area contributed by atoms with Crippen LogP contribution in [0.2, 0.25) is 0 Å². The summed E-state index contributed by atoms with van der Waals surface area (Å²) in [7, 11) is 3.11. The van der Waals surface area contributed by atoms with E-state index < -0.39 is 0 Å². The van der Waals surface area contributed by atoms with Crippen LogP contribution in [0.3, 0.4) is 0 Å². The first kappa shape index (κ1) is 11.3. The Bertz CT molecular complexity index is 182. The highest BCUT2D eigenvalue weighted by atomic mass is 32.1. The Morgan fingerprint density at radius 1 is 1.58 bits per heavy atom. The maximum absolute atomic E-state index is 11.2. The van der Waals surface area contributed by atoms with Crippen LogP contribution in [-0.2, 0) is 9.59 Å². The molecule has 4 nitrogen and oxygen atoms in total. The molecule has 0 bridgehead atoms. The van der Waals surface area contributed by atoms with Gasteiger partial charge in [0.1, 0.15) is 0 Å². The smallest absolute Gasteiger partial charge is 0.239 e. The third-order valence-electron chi connectivity index (χ3n) is 1.39. The van der Waals surface area contributed by atoms with Crippen LogP contribution < -0.4 is 5.32 Å². The van der Waals surface area contributed by atoms with Gasteiger partial charge in [0.05, 0.1) is 11.8 Å². The van der Waals surface area contributed by atoms with E-state index in [0.29, 0.717) is 0 Å².